The number of anilines is 1. The van der Waals surface area contributed by atoms with Gasteiger partial charge in [-0.15, -0.1) is 0 Å². The molecule has 2 heterocycles. The number of nitrogens with zero attached hydrogens (tertiary/aromatic N) is 1. The molecule has 0 saturated carbocycles. The fourth-order valence-electron chi connectivity index (χ4n) is 1.86. The number of rotatable bonds is 5. The van der Waals surface area contributed by atoms with E-state index in [4.69, 9.17) is 9.84 Å². The molecule has 0 radical (unpaired) electrons. The molecule has 0 aliphatic carbocycles. The van der Waals surface area contributed by atoms with Crippen LogP contribution < -0.4 is 5.32 Å². The van der Waals surface area contributed by atoms with E-state index in [9.17, 15) is 4.79 Å². The minimum absolute atomic E-state index is 0.203. The third kappa shape index (κ3) is 3.42. The van der Waals surface area contributed by atoms with Crippen LogP contribution in [0, 0.1) is 0 Å². The van der Waals surface area contributed by atoms with E-state index in [0.717, 1.165) is 32.4 Å². The summed E-state index contributed by atoms with van der Waals surface area (Å²) in [7, 11) is 0. The van der Waals surface area contributed by atoms with Crippen molar-refractivity contribution in [2.24, 2.45) is 0 Å². The Labute approximate surface area is 99.8 Å². The second-order valence-corrected chi connectivity index (χ2v) is 4.09. The summed E-state index contributed by atoms with van der Waals surface area (Å²) in [5.74, 6) is -0.253. The van der Waals surface area contributed by atoms with Gasteiger partial charge in [-0.3, -0.25) is 0 Å². The van der Waals surface area contributed by atoms with Gasteiger partial charge in [0, 0.05) is 19.3 Å². The molecule has 1 aromatic rings. The molecule has 1 saturated heterocycles. The van der Waals surface area contributed by atoms with Crippen LogP contribution in [-0.2, 0) is 4.74 Å². The van der Waals surface area contributed by atoms with Crippen molar-refractivity contribution in [1.29, 1.82) is 0 Å². The van der Waals surface area contributed by atoms with Gasteiger partial charge < -0.3 is 15.2 Å². The molecule has 92 valence electrons. The van der Waals surface area contributed by atoms with Crippen LogP contribution in [0.2, 0.25) is 0 Å². The number of carboxylic acids is 1. The zero-order valence-corrected chi connectivity index (χ0v) is 9.56. The Morgan fingerprint density at radius 3 is 3.06 bits per heavy atom. The normalized spacial score (nSPS) is 19.2. The van der Waals surface area contributed by atoms with E-state index in [1.807, 2.05) is 0 Å². The maximum absolute atomic E-state index is 10.6. The van der Waals surface area contributed by atoms with Crippen LogP contribution in [0.25, 0.3) is 0 Å². The van der Waals surface area contributed by atoms with E-state index >= 15 is 0 Å². The molecule has 1 aromatic heterocycles. The van der Waals surface area contributed by atoms with Crippen molar-refractivity contribution in [3.05, 3.63) is 23.9 Å². The molecule has 0 amide bonds. The molecule has 1 atom stereocenters. The third-order valence-corrected chi connectivity index (χ3v) is 2.81. The first-order chi connectivity index (χ1) is 8.25. The maximum atomic E-state index is 10.6. The molecule has 0 aromatic carbocycles. The molecule has 5 heteroatoms. The second-order valence-electron chi connectivity index (χ2n) is 4.09. The summed E-state index contributed by atoms with van der Waals surface area (Å²) in [6.07, 6.45) is 4.96. The largest absolute Gasteiger partial charge is 0.478 e. The molecule has 1 fully saturated rings. The fraction of sp³-hybridized carbons (Fsp3) is 0.500. The minimum Gasteiger partial charge on any atom is -0.478 e. The predicted octanol–water partition coefficient (Wildman–Crippen LogP) is 1.76. The summed E-state index contributed by atoms with van der Waals surface area (Å²) >= 11 is 0. The number of carboxylic acid groups (broad SMARTS) is 1. The van der Waals surface area contributed by atoms with Gasteiger partial charge >= 0.3 is 5.97 Å². The van der Waals surface area contributed by atoms with Crippen molar-refractivity contribution < 1.29 is 14.6 Å². The smallest absolute Gasteiger partial charge is 0.337 e. The van der Waals surface area contributed by atoms with Crippen molar-refractivity contribution in [3.8, 4) is 0 Å². The number of ether oxygens (including phenoxy) is 1. The lowest BCUT2D eigenvalue weighted by atomic mass is 10.2. The highest BCUT2D eigenvalue weighted by Crippen LogP contribution is 2.15. The molecule has 0 bridgehead atoms. The van der Waals surface area contributed by atoms with Crippen LogP contribution in [0.3, 0.4) is 0 Å². The SMILES string of the molecule is O=C(O)c1ccc(NCCC2CCCO2)nc1. The zero-order chi connectivity index (χ0) is 12.1. The van der Waals surface area contributed by atoms with Crippen LogP contribution >= 0.6 is 0 Å². The van der Waals surface area contributed by atoms with E-state index in [1.165, 1.54) is 6.20 Å². The van der Waals surface area contributed by atoms with Gasteiger partial charge in [-0.05, 0) is 31.4 Å². The summed E-state index contributed by atoms with van der Waals surface area (Å²) in [5.41, 5.74) is 0.203. The average molecular weight is 236 g/mol. The van der Waals surface area contributed by atoms with Crippen LogP contribution in [0.15, 0.2) is 18.3 Å². The fourth-order valence-corrected chi connectivity index (χ4v) is 1.86. The third-order valence-electron chi connectivity index (χ3n) is 2.81. The lowest BCUT2D eigenvalue weighted by Gasteiger charge is -2.10. The van der Waals surface area contributed by atoms with Crippen LogP contribution in [0.5, 0.6) is 0 Å². The Hall–Kier alpha value is -1.62. The first-order valence-corrected chi connectivity index (χ1v) is 5.80. The highest BCUT2D eigenvalue weighted by Gasteiger charge is 2.14. The zero-order valence-electron chi connectivity index (χ0n) is 9.56. The Morgan fingerprint density at radius 2 is 2.47 bits per heavy atom. The van der Waals surface area contributed by atoms with E-state index < -0.39 is 5.97 Å². The van der Waals surface area contributed by atoms with Gasteiger partial charge in [-0.25, -0.2) is 9.78 Å². The summed E-state index contributed by atoms with van der Waals surface area (Å²) in [6, 6.07) is 3.22. The summed E-state index contributed by atoms with van der Waals surface area (Å²) in [4.78, 5) is 14.7. The summed E-state index contributed by atoms with van der Waals surface area (Å²) < 4.78 is 5.50. The van der Waals surface area contributed by atoms with Crippen LogP contribution in [0.1, 0.15) is 29.6 Å². The predicted molar refractivity (Wildman–Crippen MR) is 63.3 cm³/mol. The van der Waals surface area contributed by atoms with E-state index in [-0.39, 0.29) is 5.56 Å². The van der Waals surface area contributed by atoms with Crippen LogP contribution in [0.4, 0.5) is 5.82 Å². The average Bonchev–Trinajstić information content (AvgIpc) is 2.83. The monoisotopic (exact) mass is 236 g/mol. The topological polar surface area (TPSA) is 71.5 Å². The van der Waals surface area contributed by atoms with Crippen molar-refractivity contribution in [2.45, 2.75) is 25.4 Å². The highest BCUT2D eigenvalue weighted by atomic mass is 16.5. The number of hydrogen-bond acceptors (Lipinski definition) is 4. The van der Waals surface area contributed by atoms with Gasteiger partial charge in [0.25, 0.3) is 0 Å². The quantitative estimate of drug-likeness (QED) is 0.815. The van der Waals surface area contributed by atoms with Crippen molar-refractivity contribution >= 4 is 11.8 Å². The lowest BCUT2D eigenvalue weighted by molar-refractivity contribution is 0.0696. The Bertz CT molecular complexity index is 372. The lowest BCUT2D eigenvalue weighted by Crippen LogP contribution is -2.13. The Balaban J connectivity index is 1.76. The Morgan fingerprint density at radius 1 is 1.59 bits per heavy atom. The molecule has 2 rings (SSSR count). The van der Waals surface area contributed by atoms with Crippen LogP contribution in [-0.4, -0.2) is 35.3 Å². The van der Waals surface area contributed by atoms with Gasteiger partial charge in [0.1, 0.15) is 5.82 Å². The number of aromatic carboxylic acids is 1. The molecule has 17 heavy (non-hydrogen) atoms. The Kier molecular flexibility index (Phi) is 3.93. The number of carbonyl (C=O) groups is 1. The molecule has 1 aliphatic rings. The molecule has 0 spiro atoms. The van der Waals surface area contributed by atoms with E-state index in [1.54, 1.807) is 12.1 Å². The first kappa shape index (κ1) is 11.9. The molecular weight excluding hydrogens is 220 g/mol. The highest BCUT2D eigenvalue weighted by molar-refractivity contribution is 5.87. The standard InChI is InChI=1S/C12H16N2O3/c15-12(16)9-3-4-11(14-8-9)13-6-5-10-2-1-7-17-10/h3-4,8,10H,1-2,5-7H2,(H,13,14)(H,15,16). The summed E-state index contributed by atoms with van der Waals surface area (Å²) in [6.45, 7) is 1.67. The number of aromatic nitrogens is 1. The number of nitrogens with one attached hydrogen (secondary N) is 1. The molecule has 1 unspecified atom stereocenters. The van der Waals surface area contributed by atoms with Gasteiger partial charge in [-0.1, -0.05) is 0 Å². The molecule has 5 nitrogen and oxygen atoms in total. The molecule has 2 N–H and O–H groups in total. The van der Waals surface area contributed by atoms with Crippen molar-refractivity contribution in [1.82, 2.24) is 4.98 Å². The van der Waals surface area contributed by atoms with Gasteiger partial charge in [0.05, 0.1) is 11.7 Å². The second kappa shape index (κ2) is 5.63. The first-order valence-electron chi connectivity index (χ1n) is 5.80. The minimum atomic E-state index is -0.955. The summed E-state index contributed by atoms with van der Waals surface area (Å²) in [5, 5.41) is 11.9. The number of pyridine rings is 1. The van der Waals surface area contributed by atoms with Gasteiger partial charge in [0.2, 0.25) is 0 Å². The number of hydrogen-bond donors (Lipinski definition) is 2. The van der Waals surface area contributed by atoms with Crippen molar-refractivity contribution in [2.75, 3.05) is 18.5 Å². The molecule has 1 aliphatic heterocycles. The molecular formula is C12H16N2O3. The van der Waals surface area contributed by atoms with E-state index in [2.05, 4.69) is 10.3 Å². The van der Waals surface area contributed by atoms with E-state index in [0.29, 0.717) is 11.9 Å². The van der Waals surface area contributed by atoms with Gasteiger partial charge in [0.15, 0.2) is 0 Å². The van der Waals surface area contributed by atoms with Crippen molar-refractivity contribution in [3.63, 3.8) is 0 Å². The maximum Gasteiger partial charge on any atom is 0.337 e. The van der Waals surface area contributed by atoms with Gasteiger partial charge in [-0.2, -0.15) is 0 Å².